The van der Waals surface area contributed by atoms with E-state index in [1.807, 2.05) is 0 Å². The van der Waals surface area contributed by atoms with Crippen LogP contribution >= 0.6 is 12.2 Å². The zero-order valence-electron chi connectivity index (χ0n) is 15.0. The first-order chi connectivity index (χ1) is 12.9. The fraction of sp³-hybridized carbons (Fsp3) is 0.412. The van der Waals surface area contributed by atoms with E-state index in [-0.39, 0.29) is 35.4 Å². The van der Waals surface area contributed by atoms with Crippen LogP contribution in [0.5, 0.6) is 11.5 Å². The van der Waals surface area contributed by atoms with Gasteiger partial charge in [-0.3, -0.25) is 0 Å². The summed E-state index contributed by atoms with van der Waals surface area (Å²) in [6, 6.07) is 3.76. The molecule has 27 heavy (non-hydrogen) atoms. The van der Waals surface area contributed by atoms with Crippen LogP contribution in [-0.4, -0.2) is 45.1 Å². The van der Waals surface area contributed by atoms with E-state index in [9.17, 15) is 13.6 Å². The molecule has 0 saturated carbocycles. The molecular weight excluding hydrogens is 382 g/mol. The van der Waals surface area contributed by atoms with Gasteiger partial charge < -0.3 is 29.6 Å². The van der Waals surface area contributed by atoms with Gasteiger partial charge in [0.1, 0.15) is 6.61 Å². The van der Waals surface area contributed by atoms with Gasteiger partial charge >= 0.3 is 12.6 Å². The standard InChI is InChI=1S/C17H20F2N2O5S/c1-9-13(15(22)25-7-6-23-2)14(21-17(27)20-9)10-4-5-11(24-3)12(8-10)26-16(18)19/h4-5,8,14,16H,6-7H2,1-3H3,(H2,20,21,27)/t14-/m0/s1. The number of ether oxygens (including phenoxy) is 4. The number of carbonyl (C=O) groups excluding carboxylic acids is 1. The second-order valence-corrected chi connectivity index (χ2v) is 5.90. The number of benzene rings is 1. The second kappa shape index (κ2) is 9.47. The number of thiocarbonyl (C=S) groups is 1. The lowest BCUT2D eigenvalue weighted by atomic mass is 9.95. The molecule has 10 heteroatoms. The molecule has 0 spiro atoms. The first-order valence-corrected chi connectivity index (χ1v) is 8.35. The van der Waals surface area contributed by atoms with Crippen molar-refractivity contribution in [2.75, 3.05) is 27.4 Å². The zero-order valence-corrected chi connectivity index (χ0v) is 15.8. The molecular formula is C17H20F2N2O5S. The Morgan fingerprint density at radius 1 is 1.26 bits per heavy atom. The van der Waals surface area contributed by atoms with Crippen LogP contribution in [-0.2, 0) is 14.3 Å². The number of hydrogen-bond acceptors (Lipinski definition) is 6. The Bertz CT molecular complexity index is 742. The van der Waals surface area contributed by atoms with Crippen molar-refractivity contribution in [3.05, 3.63) is 35.0 Å². The van der Waals surface area contributed by atoms with E-state index in [0.717, 1.165) is 0 Å². The number of alkyl halides is 2. The maximum absolute atomic E-state index is 12.7. The summed E-state index contributed by atoms with van der Waals surface area (Å²) in [4.78, 5) is 12.5. The molecule has 7 nitrogen and oxygen atoms in total. The molecule has 0 unspecified atom stereocenters. The highest BCUT2D eigenvalue weighted by Crippen LogP contribution is 2.35. The van der Waals surface area contributed by atoms with E-state index in [0.29, 0.717) is 11.3 Å². The van der Waals surface area contributed by atoms with Crippen LogP contribution in [0.2, 0.25) is 0 Å². The molecule has 1 aromatic rings. The summed E-state index contributed by atoms with van der Waals surface area (Å²) in [5.74, 6) is -0.592. The summed E-state index contributed by atoms with van der Waals surface area (Å²) >= 11 is 5.15. The summed E-state index contributed by atoms with van der Waals surface area (Å²) in [5.41, 5.74) is 1.25. The molecule has 2 N–H and O–H groups in total. The Morgan fingerprint density at radius 2 is 2.00 bits per heavy atom. The second-order valence-electron chi connectivity index (χ2n) is 5.49. The van der Waals surface area contributed by atoms with Crippen molar-refractivity contribution in [3.63, 3.8) is 0 Å². The topological polar surface area (TPSA) is 78.1 Å². The summed E-state index contributed by atoms with van der Waals surface area (Å²) in [6.45, 7) is -1.03. The molecule has 2 rings (SSSR count). The minimum Gasteiger partial charge on any atom is -0.493 e. The number of rotatable bonds is 8. The van der Waals surface area contributed by atoms with Gasteiger partial charge in [0.2, 0.25) is 0 Å². The highest BCUT2D eigenvalue weighted by molar-refractivity contribution is 7.80. The van der Waals surface area contributed by atoms with Crippen molar-refractivity contribution < 1.29 is 32.5 Å². The maximum Gasteiger partial charge on any atom is 0.387 e. The van der Waals surface area contributed by atoms with E-state index in [2.05, 4.69) is 15.4 Å². The van der Waals surface area contributed by atoms with Gasteiger partial charge in [-0.05, 0) is 36.8 Å². The third-order valence-electron chi connectivity index (χ3n) is 3.75. The number of halogens is 2. The number of carbonyl (C=O) groups is 1. The largest absolute Gasteiger partial charge is 0.493 e. The molecule has 1 aliphatic heterocycles. The highest BCUT2D eigenvalue weighted by Gasteiger charge is 2.31. The van der Waals surface area contributed by atoms with Crippen LogP contribution in [0.3, 0.4) is 0 Å². The Morgan fingerprint density at radius 3 is 2.63 bits per heavy atom. The SMILES string of the molecule is COCCOC(=O)C1=C(C)NC(=S)N[C@H]1c1ccc(OC)c(OC(F)F)c1. The molecule has 0 amide bonds. The number of nitrogens with one attached hydrogen (secondary N) is 2. The van der Waals surface area contributed by atoms with Crippen LogP contribution in [0.1, 0.15) is 18.5 Å². The van der Waals surface area contributed by atoms with Gasteiger partial charge in [0.25, 0.3) is 0 Å². The number of hydrogen-bond donors (Lipinski definition) is 2. The fourth-order valence-corrected chi connectivity index (χ4v) is 2.84. The zero-order chi connectivity index (χ0) is 20.0. The molecule has 148 valence electrons. The van der Waals surface area contributed by atoms with Gasteiger partial charge in [0, 0.05) is 12.8 Å². The molecule has 1 aliphatic rings. The van der Waals surface area contributed by atoms with Crippen molar-refractivity contribution in [1.82, 2.24) is 10.6 Å². The molecule has 0 bridgehead atoms. The summed E-state index contributed by atoms with van der Waals surface area (Å²) in [5, 5.41) is 6.10. The number of esters is 1. The average molecular weight is 402 g/mol. The van der Waals surface area contributed by atoms with Gasteiger partial charge in [-0.15, -0.1) is 0 Å². The average Bonchev–Trinajstić information content (AvgIpc) is 2.60. The van der Waals surface area contributed by atoms with Crippen molar-refractivity contribution in [2.45, 2.75) is 19.6 Å². The summed E-state index contributed by atoms with van der Waals surface area (Å²) in [7, 11) is 2.83. The van der Waals surface area contributed by atoms with Crippen molar-refractivity contribution >= 4 is 23.3 Å². The van der Waals surface area contributed by atoms with Gasteiger partial charge in [-0.2, -0.15) is 8.78 Å². The normalized spacial score (nSPS) is 16.7. The smallest absolute Gasteiger partial charge is 0.387 e. The van der Waals surface area contributed by atoms with Crippen LogP contribution in [0.25, 0.3) is 0 Å². The quantitative estimate of drug-likeness (QED) is 0.390. The monoisotopic (exact) mass is 402 g/mol. The van der Waals surface area contributed by atoms with E-state index in [4.69, 9.17) is 26.4 Å². The van der Waals surface area contributed by atoms with Gasteiger partial charge in [-0.25, -0.2) is 4.79 Å². The summed E-state index contributed by atoms with van der Waals surface area (Å²) < 4.78 is 45.0. The van der Waals surface area contributed by atoms with E-state index in [1.165, 1.54) is 26.4 Å². The Kier molecular flexibility index (Phi) is 7.31. The molecule has 0 aromatic heterocycles. The fourth-order valence-electron chi connectivity index (χ4n) is 2.57. The first-order valence-electron chi connectivity index (χ1n) is 7.94. The molecule has 0 aliphatic carbocycles. The number of methoxy groups -OCH3 is 2. The van der Waals surface area contributed by atoms with E-state index < -0.39 is 18.6 Å². The molecule has 0 fully saturated rings. The lowest BCUT2D eigenvalue weighted by molar-refractivity contribution is -0.140. The predicted molar refractivity (Wildman–Crippen MR) is 96.8 cm³/mol. The maximum atomic E-state index is 12.7. The lowest BCUT2D eigenvalue weighted by Gasteiger charge is -2.30. The minimum atomic E-state index is -3.02. The molecule has 1 atom stereocenters. The van der Waals surface area contributed by atoms with Crippen LogP contribution in [0, 0.1) is 0 Å². The summed E-state index contributed by atoms with van der Waals surface area (Å²) in [6.07, 6.45) is 0. The van der Waals surface area contributed by atoms with Crippen LogP contribution in [0.15, 0.2) is 29.5 Å². The van der Waals surface area contributed by atoms with Gasteiger partial charge in [0.05, 0.1) is 25.3 Å². The Balaban J connectivity index is 2.39. The third-order valence-corrected chi connectivity index (χ3v) is 3.97. The first kappa shape index (κ1) is 20.8. The minimum absolute atomic E-state index is 0.0750. The van der Waals surface area contributed by atoms with Gasteiger partial charge in [-0.1, -0.05) is 6.07 Å². The van der Waals surface area contributed by atoms with Crippen molar-refractivity contribution in [3.8, 4) is 11.5 Å². The van der Waals surface area contributed by atoms with Gasteiger partial charge in [0.15, 0.2) is 16.6 Å². The third kappa shape index (κ3) is 5.27. The Hall–Kier alpha value is -2.46. The molecule has 1 aromatic carbocycles. The Labute approximate surface area is 160 Å². The lowest BCUT2D eigenvalue weighted by Crippen LogP contribution is -2.45. The highest BCUT2D eigenvalue weighted by atomic mass is 32.1. The van der Waals surface area contributed by atoms with Crippen molar-refractivity contribution in [2.24, 2.45) is 0 Å². The van der Waals surface area contributed by atoms with Crippen LogP contribution in [0.4, 0.5) is 8.78 Å². The molecule has 0 saturated heterocycles. The predicted octanol–water partition coefficient (Wildman–Crippen LogP) is 2.28. The van der Waals surface area contributed by atoms with Crippen LogP contribution < -0.4 is 20.1 Å². The van der Waals surface area contributed by atoms with Crippen molar-refractivity contribution in [1.29, 1.82) is 0 Å². The van der Waals surface area contributed by atoms with E-state index in [1.54, 1.807) is 13.0 Å². The number of allylic oxidation sites excluding steroid dienone is 1. The van der Waals surface area contributed by atoms with E-state index >= 15 is 0 Å². The molecule has 1 heterocycles. The molecule has 0 radical (unpaired) electrons.